The second kappa shape index (κ2) is 8.27. The molecule has 0 aliphatic rings. The van der Waals surface area contributed by atoms with Gasteiger partial charge in [0.2, 0.25) is 0 Å². The molecular weight excluding hydrogens is 448 g/mol. The van der Waals surface area contributed by atoms with Crippen molar-refractivity contribution in [3.05, 3.63) is 95.4 Å². The van der Waals surface area contributed by atoms with Gasteiger partial charge in [0.1, 0.15) is 17.0 Å². The van der Waals surface area contributed by atoms with Gasteiger partial charge in [-0.3, -0.25) is 4.98 Å². The number of alkyl halides is 6. The minimum Gasteiger partial charge on any atom is -0.505 e. The van der Waals surface area contributed by atoms with E-state index in [1.807, 2.05) is 0 Å². The number of hydrogen-bond donors (Lipinski definition) is 2. The van der Waals surface area contributed by atoms with Crippen molar-refractivity contribution >= 4 is 16.6 Å². The maximum atomic E-state index is 13.0. The molecule has 1 atom stereocenters. The van der Waals surface area contributed by atoms with Crippen molar-refractivity contribution in [1.82, 2.24) is 9.97 Å². The number of aromatic nitrogens is 2. The Balaban J connectivity index is 1.78. The summed E-state index contributed by atoms with van der Waals surface area (Å²) >= 11 is 0. The van der Waals surface area contributed by atoms with E-state index in [-0.39, 0.29) is 22.5 Å². The lowest BCUT2D eigenvalue weighted by molar-refractivity contribution is -0.141. The zero-order valence-corrected chi connectivity index (χ0v) is 16.6. The van der Waals surface area contributed by atoms with Crippen LogP contribution in [-0.2, 0) is 12.4 Å². The molecule has 0 fully saturated rings. The van der Waals surface area contributed by atoms with E-state index in [9.17, 15) is 31.4 Å². The quantitative estimate of drug-likeness (QED) is 0.336. The average molecular weight is 463 g/mol. The number of rotatable bonds is 4. The van der Waals surface area contributed by atoms with Crippen LogP contribution >= 0.6 is 0 Å². The maximum Gasteiger partial charge on any atom is 0.433 e. The van der Waals surface area contributed by atoms with E-state index >= 15 is 0 Å². The highest BCUT2D eigenvalue weighted by molar-refractivity contribution is 5.86. The lowest BCUT2D eigenvalue weighted by Crippen LogP contribution is -2.15. The molecule has 170 valence electrons. The Morgan fingerprint density at radius 3 is 2.12 bits per heavy atom. The van der Waals surface area contributed by atoms with Crippen LogP contribution in [-0.4, -0.2) is 15.1 Å². The van der Waals surface area contributed by atoms with E-state index in [1.54, 1.807) is 24.3 Å². The van der Waals surface area contributed by atoms with Gasteiger partial charge in [-0.2, -0.15) is 26.3 Å². The number of fused-ring (bicyclic) bond motifs is 1. The van der Waals surface area contributed by atoms with Crippen molar-refractivity contribution in [2.45, 2.75) is 18.4 Å². The lowest BCUT2D eigenvalue weighted by atomic mass is 9.95. The standard InChI is InChI=1S/C23H15F6N3O/c24-22(25,26)15-6-3-14(4-7-15)19(32-16-8-10-18(31-12-16)23(27,28)29)17-9-5-13-2-1-11-30-20(13)21(17)33/h1-12,19,32-33H. The Morgan fingerprint density at radius 2 is 1.52 bits per heavy atom. The molecule has 0 bridgehead atoms. The molecule has 1 unspecified atom stereocenters. The van der Waals surface area contributed by atoms with Crippen LogP contribution in [0.25, 0.3) is 10.9 Å². The summed E-state index contributed by atoms with van der Waals surface area (Å²) in [4.78, 5) is 7.54. The third-order valence-electron chi connectivity index (χ3n) is 5.03. The van der Waals surface area contributed by atoms with Crippen LogP contribution in [0.5, 0.6) is 5.75 Å². The number of anilines is 1. The van der Waals surface area contributed by atoms with Crippen LogP contribution in [0.15, 0.2) is 73.1 Å². The summed E-state index contributed by atoms with van der Waals surface area (Å²) < 4.78 is 77.5. The number of nitrogens with zero attached hydrogens (tertiary/aromatic N) is 2. The molecule has 2 aromatic carbocycles. The molecule has 2 aromatic heterocycles. The largest absolute Gasteiger partial charge is 0.505 e. The molecule has 10 heteroatoms. The summed E-state index contributed by atoms with van der Waals surface area (Å²) in [5.41, 5.74) is -0.871. The van der Waals surface area contributed by atoms with E-state index in [4.69, 9.17) is 0 Å². The number of nitrogens with one attached hydrogen (secondary N) is 1. The van der Waals surface area contributed by atoms with Gasteiger partial charge in [0, 0.05) is 17.1 Å². The Hall–Kier alpha value is -3.82. The van der Waals surface area contributed by atoms with Crippen LogP contribution in [0.1, 0.15) is 28.4 Å². The Labute approximate surface area is 183 Å². The van der Waals surface area contributed by atoms with Crippen LogP contribution in [0.2, 0.25) is 0 Å². The van der Waals surface area contributed by atoms with Crippen molar-refractivity contribution < 1.29 is 31.4 Å². The van der Waals surface area contributed by atoms with Gasteiger partial charge >= 0.3 is 12.4 Å². The first kappa shape index (κ1) is 22.4. The van der Waals surface area contributed by atoms with Crippen LogP contribution < -0.4 is 5.32 Å². The highest BCUT2D eigenvalue weighted by atomic mass is 19.4. The smallest absolute Gasteiger partial charge is 0.433 e. The molecule has 0 saturated carbocycles. The predicted octanol–water partition coefficient (Wildman–Crippen LogP) is 6.57. The summed E-state index contributed by atoms with van der Waals surface area (Å²) in [5, 5.41) is 14.4. The van der Waals surface area contributed by atoms with Gasteiger partial charge in [-0.05, 0) is 35.9 Å². The highest BCUT2D eigenvalue weighted by Crippen LogP contribution is 2.38. The number of benzene rings is 2. The fraction of sp³-hybridized carbons (Fsp3) is 0.130. The van der Waals surface area contributed by atoms with Crippen LogP contribution in [0.4, 0.5) is 32.0 Å². The summed E-state index contributed by atoms with van der Waals surface area (Å²) in [7, 11) is 0. The van der Waals surface area contributed by atoms with E-state index in [0.29, 0.717) is 10.9 Å². The zero-order valence-electron chi connectivity index (χ0n) is 16.6. The first-order valence-electron chi connectivity index (χ1n) is 9.57. The number of halogens is 6. The van der Waals surface area contributed by atoms with Crippen molar-refractivity contribution in [3.8, 4) is 5.75 Å². The molecule has 0 amide bonds. The second-order valence-corrected chi connectivity index (χ2v) is 7.21. The molecule has 0 aliphatic heterocycles. The van der Waals surface area contributed by atoms with Crippen LogP contribution in [0.3, 0.4) is 0 Å². The number of hydrogen-bond acceptors (Lipinski definition) is 4. The summed E-state index contributed by atoms with van der Waals surface area (Å²) in [5.74, 6) is -0.203. The van der Waals surface area contributed by atoms with E-state index in [1.165, 1.54) is 18.3 Å². The number of phenols is 1. The molecule has 4 aromatic rings. The number of phenolic OH excluding ortho intramolecular Hbond substituents is 1. The van der Waals surface area contributed by atoms with E-state index in [2.05, 4.69) is 15.3 Å². The molecule has 4 nitrogen and oxygen atoms in total. The van der Waals surface area contributed by atoms with Crippen molar-refractivity contribution in [1.29, 1.82) is 0 Å². The molecular formula is C23H15F6N3O. The minimum absolute atomic E-state index is 0.174. The van der Waals surface area contributed by atoms with Gasteiger partial charge in [-0.25, -0.2) is 4.98 Å². The zero-order chi connectivity index (χ0) is 23.8. The average Bonchev–Trinajstić information content (AvgIpc) is 2.77. The maximum absolute atomic E-state index is 13.0. The molecule has 0 spiro atoms. The third-order valence-corrected chi connectivity index (χ3v) is 5.03. The fourth-order valence-electron chi connectivity index (χ4n) is 3.40. The Bertz CT molecular complexity index is 1270. The van der Waals surface area contributed by atoms with Crippen molar-refractivity contribution in [2.75, 3.05) is 5.32 Å². The second-order valence-electron chi connectivity index (χ2n) is 7.21. The molecule has 2 N–H and O–H groups in total. The molecule has 0 radical (unpaired) electrons. The van der Waals surface area contributed by atoms with Gasteiger partial charge in [0.15, 0.2) is 0 Å². The molecule has 4 rings (SSSR count). The van der Waals surface area contributed by atoms with Gasteiger partial charge in [-0.15, -0.1) is 0 Å². The van der Waals surface area contributed by atoms with Crippen molar-refractivity contribution in [2.24, 2.45) is 0 Å². The first-order valence-corrected chi connectivity index (χ1v) is 9.57. The summed E-state index contributed by atoms with van der Waals surface area (Å²) in [6.07, 6.45) is -6.70. The van der Waals surface area contributed by atoms with Crippen LogP contribution in [0, 0.1) is 0 Å². The van der Waals surface area contributed by atoms with Gasteiger partial charge in [0.05, 0.1) is 23.5 Å². The van der Waals surface area contributed by atoms with Gasteiger partial charge in [-0.1, -0.05) is 30.3 Å². The summed E-state index contributed by atoms with van der Waals surface area (Å²) in [6, 6.07) is 12.0. The van der Waals surface area contributed by atoms with Gasteiger partial charge < -0.3 is 10.4 Å². The molecule has 0 saturated heterocycles. The number of pyridine rings is 2. The molecule has 33 heavy (non-hydrogen) atoms. The minimum atomic E-state index is -4.62. The number of aromatic hydroxyl groups is 1. The highest BCUT2D eigenvalue weighted by Gasteiger charge is 2.33. The van der Waals surface area contributed by atoms with Gasteiger partial charge in [0.25, 0.3) is 0 Å². The van der Waals surface area contributed by atoms with E-state index < -0.39 is 29.7 Å². The Morgan fingerprint density at radius 1 is 0.788 bits per heavy atom. The van der Waals surface area contributed by atoms with E-state index in [0.717, 1.165) is 30.5 Å². The Kier molecular flexibility index (Phi) is 5.61. The summed E-state index contributed by atoms with van der Waals surface area (Å²) in [6.45, 7) is 0. The normalized spacial score (nSPS) is 13.2. The topological polar surface area (TPSA) is 58.0 Å². The SMILES string of the molecule is Oc1c(C(Nc2ccc(C(F)(F)F)nc2)c2ccc(C(F)(F)F)cc2)ccc2cccnc12. The monoisotopic (exact) mass is 463 g/mol. The molecule has 0 aliphatic carbocycles. The molecule has 2 heterocycles. The lowest BCUT2D eigenvalue weighted by Gasteiger charge is -2.23. The first-order chi connectivity index (χ1) is 15.5. The predicted molar refractivity (Wildman–Crippen MR) is 110 cm³/mol. The van der Waals surface area contributed by atoms with Crippen molar-refractivity contribution in [3.63, 3.8) is 0 Å². The third kappa shape index (κ3) is 4.69. The fourth-order valence-corrected chi connectivity index (χ4v) is 3.40.